The number of aliphatic hydroxyl groups is 1. The molecule has 0 aromatic carbocycles. The van der Waals surface area contributed by atoms with Gasteiger partial charge in [-0.15, -0.1) is 11.3 Å². The van der Waals surface area contributed by atoms with Crippen LogP contribution in [0.1, 0.15) is 30.6 Å². The van der Waals surface area contributed by atoms with Crippen molar-refractivity contribution in [3.63, 3.8) is 0 Å². The smallest absolute Gasteiger partial charge is 0.185 e. The van der Waals surface area contributed by atoms with Gasteiger partial charge in [-0.3, -0.25) is 0 Å². The van der Waals surface area contributed by atoms with Gasteiger partial charge < -0.3 is 19.7 Å². The molecule has 6 heteroatoms. The Morgan fingerprint density at radius 1 is 1.45 bits per heavy atom. The summed E-state index contributed by atoms with van der Waals surface area (Å²) < 4.78 is 5.16. The summed E-state index contributed by atoms with van der Waals surface area (Å²) in [7, 11) is 0. The molecule has 1 unspecified atom stereocenters. The van der Waals surface area contributed by atoms with E-state index < -0.39 is 6.10 Å². The summed E-state index contributed by atoms with van der Waals surface area (Å²) in [6.07, 6.45) is 2.85. The van der Waals surface area contributed by atoms with E-state index in [1.54, 1.807) is 29.7 Å². The molecule has 110 valence electrons. The molecule has 0 aliphatic rings. The van der Waals surface area contributed by atoms with Crippen LogP contribution in [-0.4, -0.2) is 29.7 Å². The van der Waals surface area contributed by atoms with Crippen LogP contribution < -0.4 is 10.2 Å². The zero-order valence-electron chi connectivity index (χ0n) is 11.9. The molecule has 0 aliphatic heterocycles. The van der Waals surface area contributed by atoms with Crippen molar-refractivity contribution in [1.29, 1.82) is 0 Å². The van der Waals surface area contributed by atoms with Crippen LogP contribution in [0, 0.1) is 0 Å². The summed E-state index contributed by atoms with van der Waals surface area (Å²) in [5.74, 6) is 0.589. The number of nitrogens with one attached hydrogen (secondary N) is 1. The van der Waals surface area contributed by atoms with E-state index in [4.69, 9.17) is 4.42 Å². The van der Waals surface area contributed by atoms with E-state index >= 15 is 0 Å². The van der Waals surface area contributed by atoms with Crippen LogP contribution in [0.2, 0.25) is 0 Å². The minimum atomic E-state index is -0.611. The minimum absolute atomic E-state index is 0.464. The topological polar surface area (TPSA) is 61.5 Å². The predicted octanol–water partition coefficient (Wildman–Crippen LogP) is 2.41. The van der Waals surface area contributed by atoms with Crippen LogP contribution >= 0.6 is 11.3 Å². The first-order chi connectivity index (χ1) is 9.74. The van der Waals surface area contributed by atoms with Crippen LogP contribution in [0.25, 0.3) is 0 Å². The van der Waals surface area contributed by atoms with Crippen molar-refractivity contribution >= 4 is 16.5 Å². The number of nitrogens with zero attached hydrogens (tertiary/aromatic N) is 2. The Labute approximate surface area is 123 Å². The van der Waals surface area contributed by atoms with Crippen molar-refractivity contribution in [1.82, 2.24) is 10.3 Å². The third-order valence-electron chi connectivity index (χ3n) is 3.08. The summed E-state index contributed by atoms with van der Waals surface area (Å²) in [4.78, 5) is 7.82. The number of furan rings is 1. The average molecular weight is 295 g/mol. The first-order valence-electron chi connectivity index (χ1n) is 6.86. The van der Waals surface area contributed by atoms with E-state index in [-0.39, 0.29) is 0 Å². The van der Waals surface area contributed by atoms with E-state index in [9.17, 15) is 5.11 Å². The van der Waals surface area contributed by atoms with Crippen LogP contribution in [0.4, 0.5) is 5.13 Å². The molecule has 0 spiro atoms. The zero-order chi connectivity index (χ0) is 14.4. The molecule has 20 heavy (non-hydrogen) atoms. The van der Waals surface area contributed by atoms with Gasteiger partial charge in [0.05, 0.1) is 6.26 Å². The quantitative estimate of drug-likeness (QED) is 0.783. The Morgan fingerprint density at radius 2 is 2.25 bits per heavy atom. The fraction of sp³-hybridized carbons (Fsp3) is 0.500. The summed E-state index contributed by atoms with van der Waals surface area (Å²) in [5.41, 5.74) is 0. The molecule has 0 saturated heterocycles. The van der Waals surface area contributed by atoms with Gasteiger partial charge in [0, 0.05) is 37.3 Å². The van der Waals surface area contributed by atoms with Crippen molar-refractivity contribution < 1.29 is 9.52 Å². The van der Waals surface area contributed by atoms with Gasteiger partial charge in [0.15, 0.2) is 5.13 Å². The van der Waals surface area contributed by atoms with Crippen molar-refractivity contribution in [2.24, 2.45) is 0 Å². The lowest BCUT2D eigenvalue weighted by Gasteiger charge is -2.16. The largest absolute Gasteiger partial charge is 0.467 e. The maximum atomic E-state index is 9.88. The first-order valence-corrected chi connectivity index (χ1v) is 7.68. The molecule has 2 N–H and O–H groups in total. The SMILES string of the molecule is CCN(CC)c1ncc(CNCC(O)c2ccco2)s1. The highest BCUT2D eigenvalue weighted by atomic mass is 32.1. The normalized spacial score (nSPS) is 12.6. The number of hydrogen-bond acceptors (Lipinski definition) is 6. The second-order valence-electron chi connectivity index (χ2n) is 4.44. The molecular weight excluding hydrogens is 274 g/mol. The first kappa shape index (κ1) is 15.0. The van der Waals surface area contributed by atoms with Crippen molar-refractivity contribution in [3.8, 4) is 0 Å². The molecule has 2 aromatic heterocycles. The van der Waals surface area contributed by atoms with E-state index in [0.29, 0.717) is 18.8 Å². The van der Waals surface area contributed by atoms with Gasteiger partial charge >= 0.3 is 0 Å². The van der Waals surface area contributed by atoms with Crippen LogP contribution in [0.15, 0.2) is 29.0 Å². The number of anilines is 1. The number of hydrogen-bond donors (Lipinski definition) is 2. The fourth-order valence-electron chi connectivity index (χ4n) is 1.93. The summed E-state index contributed by atoms with van der Waals surface area (Å²) >= 11 is 1.69. The Balaban J connectivity index is 1.80. The van der Waals surface area contributed by atoms with E-state index in [1.165, 1.54) is 4.88 Å². The number of aromatic nitrogens is 1. The second-order valence-corrected chi connectivity index (χ2v) is 5.54. The Kier molecular flexibility index (Phi) is 5.58. The lowest BCUT2D eigenvalue weighted by molar-refractivity contribution is 0.147. The molecular formula is C14H21N3O2S. The highest BCUT2D eigenvalue weighted by Crippen LogP contribution is 2.22. The van der Waals surface area contributed by atoms with Gasteiger partial charge in [0.2, 0.25) is 0 Å². The van der Waals surface area contributed by atoms with Gasteiger partial charge in [-0.25, -0.2) is 4.98 Å². The van der Waals surface area contributed by atoms with Crippen LogP contribution in [-0.2, 0) is 6.54 Å². The molecule has 5 nitrogen and oxygen atoms in total. The molecule has 0 aliphatic carbocycles. The Morgan fingerprint density at radius 3 is 2.90 bits per heavy atom. The molecule has 0 bridgehead atoms. The highest BCUT2D eigenvalue weighted by molar-refractivity contribution is 7.15. The number of thiazole rings is 1. The summed E-state index contributed by atoms with van der Waals surface area (Å²) in [6, 6.07) is 3.55. The van der Waals surface area contributed by atoms with Gasteiger partial charge in [-0.1, -0.05) is 0 Å². The van der Waals surface area contributed by atoms with Gasteiger partial charge in [0.1, 0.15) is 11.9 Å². The van der Waals surface area contributed by atoms with Crippen LogP contribution in [0.3, 0.4) is 0 Å². The van der Waals surface area contributed by atoms with Crippen molar-refractivity contribution in [2.45, 2.75) is 26.5 Å². The highest BCUT2D eigenvalue weighted by Gasteiger charge is 2.11. The third kappa shape index (κ3) is 3.82. The van der Waals surface area contributed by atoms with Crippen molar-refractivity contribution in [3.05, 3.63) is 35.2 Å². The average Bonchev–Trinajstić information content (AvgIpc) is 3.11. The lowest BCUT2D eigenvalue weighted by atomic mass is 10.3. The van der Waals surface area contributed by atoms with E-state index in [2.05, 4.69) is 29.0 Å². The molecule has 1 atom stereocenters. The lowest BCUT2D eigenvalue weighted by Crippen LogP contribution is -2.21. The predicted molar refractivity (Wildman–Crippen MR) is 81.0 cm³/mol. The summed E-state index contributed by atoms with van der Waals surface area (Å²) in [6.45, 7) is 7.36. The van der Waals surface area contributed by atoms with E-state index in [1.807, 2.05) is 6.20 Å². The minimum Gasteiger partial charge on any atom is -0.467 e. The van der Waals surface area contributed by atoms with Crippen molar-refractivity contribution in [2.75, 3.05) is 24.5 Å². The van der Waals surface area contributed by atoms with E-state index in [0.717, 1.165) is 18.2 Å². The molecule has 0 radical (unpaired) electrons. The fourth-order valence-corrected chi connectivity index (χ4v) is 2.94. The van der Waals surface area contributed by atoms with Gasteiger partial charge in [-0.05, 0) is 26.0 Å². The standard InChI is InChI=1S/C14H21N3O2S/c1-3-17(4-2)14-16-9-11(20-14)8-15-10-12(18)13-6-5-7-19-13/h5-7,9,12,15,18H,3-4,8,10H2,1-2H3. The number of rotatable bonds is 8. The second kappa shape index (κ2) is 7.42. The molecule has 2 aromatic rings. The molecule has 0 amide bonds. The molecule has 2 rings (SSSR count). The maximum absolute atomic E-state index is 9.88. The van der Waals surface area contributed by atoms with Gasteiger partial charge in [0.25, 0.3) is 0 Å². The molecule has 2 heterocycles. The maximum Gasteiger partial charge on any atom is 0.185 e. The summed E-state index contributed by atoms with van der Waals surface area (Å²) in [5, 5.41) is 14.2. The molecule has 0 fully saturated rings. The van der Waals surface area contributed by atoms with Crippen LogP contribution in [0.5, 0.6) is 0 Å². The molecule has 0 saturated carbocycles. The number of aliphatic hydroxyl groups excluding tert-OH is 1. The van der Waals surface area contributed by atoms with Gasteiger partial charge in [-0.2, -0.15) is 0 Å². The zero-order valence-corrected chi connectivity index (χ0v) is 12.7. The third-order valence-corrected chi connectivity index (χ3v) is 4.14. The monoisotopic (exact) mass is 295 g/mol. The Bertz CT molecular complexity index is 494. The Hall–Kier alpha value is -1.37.